The monoisotopic (exact) mass is 506 g/mol. The molecule has 0 spiro atoms. The zero-order valence-electron chi connectivity index (χ0n) is 19.7. The van der Waals surface area contributed by atoms with E-state index in [2.05, 4.69) is 10.3 Å². The zero-order chi connectivity index (χ0) is 26.0. The lowest BCUT2D eigenvalue weighted by Gasteiger charge is -2.23. The fraction of sp³-hybridized carbons (Fsp3) is 0.409. The lowest BCUT2D eigenvalue weighted by atomic mass is 10.1. The van der Waals surface area contributed by atoms with Crippen molar-refractivity contribution in [2.75, 3.05) is 0 Å². The summed E-state index contributed by atoms with van der Waals surface area (Å²) < 4.78 is 31.8. The Bertz CT molecular complexity index is 1230. The van der Waals surface area contributed by atoms with E-state index in [1.54, 1.807) is 32.9 Å². The predicted octanol–water partition coefficient (Wildman–Crippen LogP) is 1.47. The van der Waals surface area contributed by atoms with Crippen molar-refractivity contribution in [3.63, 3.8) is 0 Å². The van der Waals surface area contributed by atoms with Crippen LogP contribution in [0.4, 0.5) is 4.79 Å². The number of alkyl carbamates (subject to hydrolysis) is 1. The molecule has 1 N–H and O–H groups in total. The van der Waals surface area contributed by atoms with Crippen LogP contribution in [-0.4, -0.2) is 58.0 Å². The number of ether oxygens (including phenoxy) is 1. The maximum atomic E-state index is 12.9. The minimum Gasteiger partial charge on any atom is -0.444 e. The molecule has 13 heteroatoms. The Balaban J connectivity index is 1.81. The fourth-order valence-corrected chi connectivity index (χ4v) is 4.23. The molecule has 188 valence electrons. The van der Waals surface area contributed by atoms with Gasteiger partial charge in [0.2, 0.25) is 0 Å². The molecule has 2 heterocycles. The highest BCUT2D eigenvalue weighted by Gasteiger charge is 2.36. The number of hydrogen-bond donors (Lipinski definition) is 1. The predicted molar refractivity (Wildman–Crippen MR) is 120 cm³/mol. The van der Waals surface area contributed by atoms with Gasteiger partial charge in [-0.15, -0.1) is 5.06 Å². The second kappa shape index (κ2) is 9.86. The summed E-state index contributed by atoms with van der Waals surface area (Å²) in [6, 6.07) is 4.79. The van der Waals surface area contributed by atoms with E-state index in [0.717, 1.165) is 15.9 Å². The first-order valence-corrected chi connectivity index (χ1v) is 12.1. The first kappa shape index (κ1) is 25.9. The van der Waals surface area contributed by atoms with Crippen molar-refractivity contribution in [2.24, 2.45) is 0 Å². The van der Waals surface area contributed by atoms with E-state index in [4.69, 9.17) is 9.57 Å². The number of carbonyl (C=O) groups is 4. The molecule has 1 aliphatic rings. The number of imidazole rings is 1. The molecule has 0 aliphatic carbocycles. The minimum absolute atomic E-state index is 0.0425. The summed E-state index contributed by atoms with van der Waals surface area (Å²) in [6.07, 6.45) is 0.803. The van der Waals surface area contributed by atoms with Crippen molar-refractivity contribution >= 4 is 33.9 Å². The third-order valence-corrected chi connectivity index (χ3v) is 6.41. The summed E-state index contributed by atoms with van der Waals surface area (Å²) in [5.41, 5.74) is 0.140. The molecular formula is C22H26N4O8S. The molecule has 1 aliphatic heterocycles. The second-order valence-corrected chi connectivity index (χ2v) is 10.8. The molecule has 1 aromatic heterocycles. The number of aromatic nitrogens is 2. The summed E-state index contributed by atoms with van der Waals surface area (Å²) in [6.45, 7) is 6.70. The van der Waals surface area contributed by atoms with E-state index in [0.29, 0.717) is 5.06 Å². The van der Waals surface area contributed by atoms with Gasteiger partial charge in [0.15, 0.2) is 0 Å². The second-order valence-electron chi connectivity index (χ2n) is 8.91. The topological polar surface area (TPSA) is 154 Å². The Morgan fingerprint density at radius 3 is 2.29 bits per heavy atom. The normalized spacial score (nSPS) is 15.1. The molecule has 0 bridgehead atoms. The molecule has 35 heavy (non-hydrogen) atoms. The van der Waals surface area contributed by atoms with Crippen LogP contribution in [0.25, 0.3) is 0 Å². The van der Waals surface area contributed by atoms with Gasteiger partial charge in [-0.2, -0.15) is 0 Å². The average molecular weight is 507 g/mol. The molecule has 3 rings (SSSR count). The summed E-state index contributed by atoms with van der Waals surface area (Å²) in [5.74, 6) is -2.49. The number of nitrogens with zero attached hydrogens (tertiary/aromatic N) is 3. The van der Waals surface area contributed by atoms with Crippen LogP contribution in [0, 0.1) is 6.92 Å². The van der Waals surface area contributed by atoms with Gasteiger partial charge in [0.05, 0.1) is 10.6 Å². The molecular weight excluding hydrogens is 480 g/mol. The van der Waals surface area contributed by atoms with Gasteiger partial charge in [0.25, 0.3) is 21.8 Å². The lowest BCUT2D eigenvalue weighted by Crippen LogP contribution is -2.48. The van der Waals surface area contributed by atoms with Gasteiger partial charge in [-0.1, -0.05) is 17.7 Å². The Morgan fingerprint density at radius 1 is 1.11 bits per heavy atom. The summed E-state index contributed by atoms with van der Waals surface area (Å²) in [7, 11) is -3.94. The van der Waals surface area contributed by atoms with Crippen LogP contribution in [0.3, 0.4) is 0 Å². The number of carbonyl (C=O) groups excluding carboxylic acids is 4. The van der Waals surface area contributed by atoms with Gasteiger partial charge in [-0.3, -0.25) is 9.59 Å². The number of aryl methyl sites for hydroxylation is 1. The van der Waals surface area contributed by atoms with Crippen LogP contribution in [0.2, 0.25) is 0 Å². The molecule has 0 unspecified atom stereocenters. The van der Waals surface area contributed by atoms with Crippen LogP contribution in [0.5, 0.6) is 0 Å². The van der Waals surface area contributed by atoms with Crippen molar-refractivity contribution in [1.29, 1.82) is 0 Å². The van der Waals surface area contributed by atoms with Crippen LogP contribution in [0.1, 0.15) is 44.9 Å². The van der Waals surface area contributed by atoms with Gasteiger partial charge >= 0.3 is 12.1 Å². The van der Waals surface area contributed by atoms with Gasteiger partial charge < -0.3 is 14.9 Å². The number of rotatable bonds is 7. The van der Waals surface area contributed by atoms with Gasteiger partial charge in [0.1, 0.15) is 18.0 Å². The van der Waals surface area contributed by atoms with Crippen molar-refractivity contribution in [2.45, 2.75) is 63.5 Å². The molecule has 0 saturated carbocycles. The third kappa shape index (κ3) is 6.44. The van der Waals surface area contributed by atoms with E-state index in [-0.39, 0.29) is 29.9 Å². The fourth-order valence-electron chi connectivity index (χ4n) is 3.08. The van der Waals surface area contributed by atoms with E-state index in [1.165, 1.54) is 18.3 Å². The van der Waals surface area contributed by atoms with Gasteiger partial charge in [-0.05, 0) is 39.8 Å². The summed E-state index contributed by atoms with van der Waals surface area (Å²) in [4.78, 5) is 57.7. The number of hydroxylamine groups is 2. The first-order valence-electron chi connectivity index (χ1n) is 10.7. The van der Waals surface area contributed by atoms with Crippen molar-refractivity contribution in [1.82, 2.24) is 19.3 Å². The van der Waals surface area contributed by atoms with E-state index in [1.807, 2.05) is 6.92 Å². The van der Waals surface area contributed by atoms with Crippen molar-refractivity contribution in [3.05, 3.63) is 48.0 Å². The molecule has 3 amide bonds. The molecule has 2 aromatic rings. The smallest absolute Gasteiger partial charge is 0.408 e. The number of imide groups is 1. The molecule has 1 saturated heterocycles. The van der Waals surface area contributed by atoms with Crippen LogP contribution >= 0.6 is 0 Å². The number of nitrogens with one attached hydrogen (secondary N) is 1. The van der Waals surface area contributed by atoms with Crippen molar-refractivity contribution in [3.8, 4) is 0 Å². The average Bonchev–Trinajstić information content (AvgIpc) is 3.35. The summed E-state index contributed by atoms with van der Waals surface area (Å²) in [5, 5.41) is 2.68. The Labute approximate surface area is 202 Å². The number of benzene rings is 1. The maximum Gasteiger partial charge on any atom is 0.408 e. The summed E-state index contributed by atoms with van der Waals surface area (Å²) >= 11 is 0. The Kier molecular flexibility index (Phi) is 7.29. The Hall–Kier alpha value is -3.74. The van der Waals surface area contributed by atoms with Gasteiger partial charge in [-0.25, -0.2) is 27.0 Å². The number of amides is 3. The highest BCUT2D eigenvalue weighted by Crippen LogP contribution is 2.17. The molecule has 12 nitrogen and oxygen atoms in total. The standard InChI is InChI=1S/C22H26N4O8S/c1-14-5-7-16(8-6-14)35(31,32)25-12-15(23-13-25)11-17(24-21(30)33-22(2,3)4)20(29)34-26-18(27)9-10-19(26)28/h5-8,12-13,17H,9-11H2,1-4H3,(H,24,30)/t17-/m1/s1. The van der Waals surface area contributed by atoms with Crippen LogP contribution in [0.15, 0.2) is 41.7 Å². The van der Waals surface area contributed by atoms with E-state index < -0.39 is 45.5 Å². The van der Waals surface area contributed by atoms with Gasteiger partial charge in [0, 0.05) is 25.5 Å². The maximum absolute atomic E-state index is 12.9. The molecule has 1 fully saturated rings. The zero-order valence-corrected chi connectivity index (χ0v) is 20.5. The first-order chi connectivity index (χ1) is 16.3. The van der Waals surface area contributed by atoms with E-state index in [9.17, 15) is 27.6 Å². The van der Waals surface area contributed by atoms with Crippen molar-refractivity contribution < 1.29 is 37.2 Å². The Morgan fingerprint density at radius 2 is 1.71 bits per heavy atom. The highest BCUT2D eigenvalue weighted by atomic mass is 32.2. The minimum atomic E-state index is -3.94. The molecule has 1 aromatic carbocycles. The van der Waals surface area contributed by atoms with E-state index >= 15 is 0 Å². The number of hydrogen-bond acceptors (Lipinski definition) is 9. The highest BCUT2D eigenvalue weighted by molar-refractivity contribution is 7.90. The van der Waals surface area contributed by atoms with Crippen LogP contribution in [-0.2, 0) is 40.4 Å². The van der Waals surface area contributed by atoms with Crippen LogP contribution < -0.4 is 5.32 Å². The largest absolute Gasteiger partial charge is 0.444 e. The molecule has 1 atom stereocenters. The molecule has 0 radical (unpaired) electrons. The SMILES string of the molecule is Cc1ccc(S(=O)(=O)n2cnc(C[C@@H](NC(=O)OC(C)(C)C)C(=O)ON3C(=O)CCC3=O)c2)cc1. The third-order valence-electron chi connectivity index (χ3n) is 4.79. The quantitative estimate of drug-likeness (QED) is 0.550. The lowest BCUT2D eigenvalue weighted by molar-refractivity contribution is -0.198.